The average molecular weight is 538 g/mol. The number of halogens is 2. The Kier molecular flexibility index (Phi) is 5.78. The first-order valence-electron chi connectivity index (χ1n) is 13.5. The molecule has 2 aromatic carbocycles. The van der Waals surface area contributed by atoms with Gasteiger partial charge in [0.25, 0.3) is 0 Å². The number of hydrogen-bond donors (Lipinski definition) is 2. The number of nitrogens with zero attached hydrogens (tertiary/aromatic N) is 5. The molecule has 2 radical (unpaired) electrons. The summed E-state index contributed by atoms with van der Waals surface area (Å²) >= 11 is 6.77. The zero-order valence-electron chi connectivity index (χ0n) is 21.2. The molecule has 3 aliphatic rings. The van der Waals surface area contributed by atoms with E-state index in [0.717, 1.165) is 36.3 Å². The second-order valence-corrected chi connectivity index (χ2v) is 11.5. The lowest BCUT2D eigenvalue weighted by molar-refractivity contribution is 0.440. The maximum absolute atomic E-state index is 13.8. The van der Waals surface area contributed by atoms with Crippen molar-refractivity contribution in [3.8, 4) is 6.07 Å². The molecule has 194 valence electrons. The van der Waals surface area contributed by atoms with E-state index in [4.69, 9.17) is 19.4 Å². The number of hydrogen-bond acceptors (Lipinski definition) is 6. The molecule has 10 heteroatoms. The van der Waals surface area contributed by atoms with Crippen LogP contribution in [0, 0.1) is 29.0 Å². The van der Waals surface area contributed by atoms with E-state index >= 15 is 0 Å². The van der Waals surface area contributed by atoms with Crippen molar-refractivity contribution in [2.75, 3.05) is 10.6 Å². The van der Waals surface area contributed by atoms with Crippen LogP contribution in [0.1, 0.15) is 61.4 Å². The van der Waals surface area contributed by atoms with Crippen LogP contribution in [-0.2, 0) is 5.44 Å². The molecule has 0 amide bonds. The molecule has 3 aliphatic carbocycles. The Bertz CT molecular complexity index is 1610. The Balaban J connectivity index is 1.31. The zero-order chi connectivity index (χ0) is 26.7. The first-order chi connectivity index (χ1) is 18.9. The number of rotatable bonds is 7. The van der Waals surface area contributed by atoms with Crippen molar-refractivity contribution in [2.45, 2.75) is 56.0 Å². The van der Waals surface area contributed by atoms with Crippen LogP contribution in [0.4, 0.5) is 15.8 Å². The summed E-state index contributed by atoms with van der Waals surface area (Å²) < 4.78 is 15.7. The van der Waals surface area contributed by atoms with Crippen LogP contribution in [0.2, 0.25) is 5.02 Å². The van der Waals surface area contributed by atoms with Gasteiger partial charge in [-0.1, -0.05) is 41.8 Å². The fraction of sp³-hybridized carbons (Fsp3) is 0.379. The van der Waals surface area contributed by atoms with E-state index in [9.17, 15) is 9.65 Å². The van der Waals surface area contributed by atoms with Crippen molar-refractivity contribution in [1.29, 1.82) is 5.26 Å². The van der Waals surface area contributed by atoms with Gasteiger partial charge in [-0.2, -0.15) is 5.26 Å². The van der Waals surface area contributed by atoms with Crippen molar-refractivity contribution in [2.24, 2.45) is 11.8 Å². The van der Waals surface area contributed by atoms with Gasteiger partial charge in [0, 0.05) is 23.3 Å². The average Bonchev–Trinajstić information content (AvgIpc) is 3.87. The molecule has 0 saturated heterocycles. The second kappa shape index (κ2) is 9.23. The number of anilines is 2. The number of aromatic nitrogens is 4. The van der Waals surface area contributed by atoms with E-state index in [0.29, 0.717) is 51.0 Å². The smallest absolute Gasteiger partial charge is 0.123 e. The number of fused-ring (bicyclic) bond motifs is 2. The summed E-state index contributed by atoms with van der Waals surface area (Å²) in [5, 5.41) is 26.9. The Hall–Kier alpha value is -3.64. The Morgan fingerprint density at radius 1 is 1.15 bits per heavy atom. The minimum absolute atomic E-state index is 0.321. The summed E-state index contributed by atoms with van der Waals surface area (Å²) in [6, 6.07) is 12.7. The highest BCUT2D eigenvalue weighted by atomic mass is 35.5. The van der Waals surface area contributed by atoms with Crippen LogP contribution in [0.5, 0.6) is 0 Å². The van der Waals surface area contributed by atoms with Crippen LogP contribution in [0.15, 0.2) is 48.8 Å². The van der Waals surface area contributed by atoms with Gasteiger partial charge in [-0.3, -0.25) is 4.98 Å². The Morgan fingerprint density at radius 3 is 2.74 bits per heavy atom. The molecule has 0 aliphatic heterocycles. The third-order valence-electron chi connectivity index (χ3n) is 8.44. The topological polar surface area (TPSA) is 91.5 Å². The first kappa shape index (κ1) is 24.4. The van der Waals surface area contributed by atoms with E-state index in [-0.39, 0.29) is 5.82 Å². The molecule has 7 nitrogen and oxygen atoms in total. The molecular weight excluding hydrogens is 512 g/mol. The van der Waals surface area contributed by atoms with Crippen LogP contribution < -0.4 is 10.6 Å². The van der Waals surface area contributed by atoms with Crippen LogP contribution in [0.25, 0.3) is 10.9 Å². The lowest BCUT2D eigenvalue weighted by Gasteiger charge is -2.32. The van der Waals surface area contributed by atoms with E-state index in [1.54, 1.807) is 24.4 Å². The lowest BCUT2D eigenvalue weighted by Crippen LogP contribution is -2.37. The fourth-order valence-electron chi connectivity index (χ4n) is 6.05. The van der Waals surface area contributed by atoms with Gasteiger partial charge in [0.15, 0.2) is 0 Å². The summed E-state index contributed by atoms with van der Waals surface area (Å²) in [7, 11) is 7.04. The van der Waals surface area contributed by atoms with Gasteiger partial charge in [-0.15, -0.1) is 5.10 Å². The van der Waals surface area contributed by atoms with Gasteiger partial charge in [-0.25, -0.2) is 9.07 Å². The monoisotopic (exact) mass is 537 g/mol. The van der Waals surface area contributed by atoms with Crippen molar-refractivity contribution < 1.29 is 4.39 Å². The summed E-state index contributed by atoms with van der Waals surface area (Å²) in [4.78, 5) is 4.51. The van der Waals surface area contributed by atoms with E-state index in [1.807, 2.05) is 16.9 Å². The molecule has 4 unspecified atom stereocenters. The Labute approximate surface area is 232 Å². The largest absolute Gasteiger partial charge is 0.380 e. The van der Waals surface area contributed by atoms with E-state index in [1.165, 1.54) is 31.4 Å². The molecule has 4 aromatic rings. The third kappa shape index (κ3) is 4.41. The molecular formula is C29H26BClFN7. The second-order valence-electron chi connectivity index (χ2n) is 11.1. The summed E-state index contributed by atoms with van der Waals surface area (Å²) in [6.07, 6.45) is 10.3. The third-order valence-corrected chi connectivity index (χ3v) is 8.72. The van der Waals surface area contributed by atoms with Gasteiger partial charge < -0.3 is 10.6 Å². The number of nitriles is 1. The molecule has 39 heavy (non-hydrogen) atoms. The first-order valence-corrected chi connectivity index (χ1v) is 13.8. The van der Waals surface area contributed by atoms with Crippen molar-refractivity contribution in [3.05, 3.63) is 76.5 Å². The summed E-state index contributed by atoms with van der Waals surface area (Å²) in [5.41, 5.74) is 2.24. The van der Waals surface area contributed by atoms with Gasteiger partial charge in [0.05, 0.1) is 39.5 Å². The SMILES string of the molecule is [B]C(Nc1cc(Cl)c2ncc(C#N)c(NC3CCCC4CC43)c2c1)(c1ccc(F)cc1)c1cn(C2CC2)nn1. The Morgan fingerprint density at radius 2 is 1.97 bits per heavy atom. The van der Waals surface area contributed by atoms with Crippen LogP contribution >= 0.6 is 11.6 Å². The van der Waals surface area contributed by atoms with Gasteiger partial charge in [0.1, 0.15) is 25.4 Å². The zero-order valence-corrected chi connectivity index (χ0v) is 22.0. The standard InChI is InChI=1S/C29H26BClFN7/c30-29(18-4-6-19(32)7-5-18,26-15-39(38-37-26)21-8-9-21)36-20-11-23-27(35-25-3-1-2-16-10-22(16)25)17(13-33)14-34-28(23)24(31)12-20/h4-7,11-12,14-16,21-22,25,36H,1-3,8-10H2,(H,34,35). The highest BCUT2D eigenvalue weighted by Crippen LogP contribution is 2.51. The van der Waals surface area contributed by atoms with E-state index in [2.05, 4.69) is 32.0 Å². The maximum atomic E-state index is 13.8. The predicted molar refractivity (Wildman–Crippen MR) is 149 cm³/mol. The number of benzene rings is 2. The minimum atomic E-state index is -1.32. The number of pyridine rings is 1. The summed E-state index contributed by atoms with van der Waals surface area (Å²) in [6.45, 7) is 0. The molecule has 2 N–H and O–H groups in total. The molecule has 0 spiro atoms. The molecule has 7 rings (SSSR count). The van der Waals surface area contributed by atoms with Gasteiger partial charge in [-0.05, 0) is 67.3 Å². The highest BCUT2D eigenvalue weighted by Gasteiger charge is 2.45. The van der Waals surface area contributed by atoms with Crippen molar-refractivity contribution in [3.63, 3.8) is 0 Å². The highest BCUT2D eigenvalue weighted by molar-refractivity contribution is 6.36. The molecule has 0 bridgehead atoms. The number of nitrogens with one attached hydrogen (secondary N) is 2. The van der Waals surface area contributed by atoms with Gasteiger partial charge in [0.2, 0.25) is 0 Å². The lowest BCUT2D eigenvalue weighted by atomic mass is 9.69. The normalized spacial score (nSPS) is 23.5. The van der Waals surface area contributed by atoms with E-state index < -0.39 is 5.44 Å². The predicted octanol–water partition coefficient (Wildman–Crippen LogP) is 5.91. The van der Waals surface area contributed by atoms with Crippen molar-refractivity contribution in [1.82, 2.24) is 20.0 Å². The van der Waals surface area contributed by atoms with Gasteiger partial charge >= 0.3 is 0 Å². The molecule has 3 fully saturated rings. The van der Waals surface area contributed by atoms with Crippen molar-refractivity contribution >= 4 is 41.7 Å². The van der Waals surface area contributed by atoms with Crippen LogP contribution in [-0.4, -0.2) is 33.9 Å². The maximum Gasteiger partial charge on any atom is 0.123 e. The molecule has 4 atom stereocenters. The quantitative estimate of drug-likeness (QED) is 0.285. The minimum Gasteiger partial charge on any atom is -0.380 e. The molecule has 2 aromatic heterocycles. The van der Waals surface area contributed by atoms with Crippen LogP contribution in [0.3, 0.4) is 0 Å². The molecule has 3 saturated carbocycles. The summed E-state index contributed by atoms with van der Waals surface area (Å²) in [5.74, 6) is 1.07. The fourth-order valence-corrected chi connectivity index (χ4v) is 6.31. The molecule has 2 heterocycles.